The van der Waals surface area contributed by atoms with Crippen molar-refractivity contribution in [3.63, 3.8) is 0 Å². The quantitative estimate of drug-likeness (QED) is 0.539. The lowest BCUT2D eigenvalue weighted by Gasteiger charge is -2.30. The highest BCUT2D eigenvalue weighted by molar-refractivity contribution is 7.88. The van der Waals surface area contributed by atoms with Gasteiger partial charge in [0.2, 0.25) is 0 Å². The summed E-state index contributed by atoms with van der Waals surface area (Å²) in [6.07, 6.45) is 4.72. The predicted molar refractivity (Wildman–Crippen MR) is 128 cm³/mol. The number of halogens is 1. The van der Waals surface area contributed by atoms with Crippen molar-refractivity contribution < 1.29 is 8.91 Å². The third-order valence-electron chi connectivity index (χ3n) is 5.69. The van der Waals surface area contributed by atoms with Gasteiger partial charge in [0.25, 0.3) is 5.56 Å². The van der Waals surface area contributed by atoms with Gasteiger partial charge in [-0.1, -0.05) is 15.8 Å². The number of benzene rings is 1. The van der Waals surface area contributed by atoms with Crippen molar-refractivity contribution in [2.75, 3.05) is 13.3 Å². The molecule has 170 valence electrons. The van der Waals surface area contributed by atoms with Crippen molar-refractivity contribution in [3.05, 3.63) is 58.4 Å². The molecule has 0 saturated heterocycles. The minimum absolute atomic E-state index is 0.216. The highest BCUT2D eigenvalue weighted by atomic mass is 32.2. The smallest absolute Gasteiger partial charge is 0.266 e. The Hall–Kier alpha value is -2.94. The molecule has 0 fully saturated rings. The average molecular weight is 458 g/mol. The lowest BCUT2D eigenvalue weighted by Crippen LogP contribution is -2.36. The molecule has 0 aliphatic carbocycles. The first kappa shape index (κ1) is 23.7. The van der Waals surface area contributed by atoms with E-state index in [1.165, 1.54) is 18.5 Å². The number of aliphatic imine (C=N–C) groups is 1. The number of hydrogen-bond acceptors (Lipinski definition) is 6. The molecule has 7 nitrogen and oxygen atoms in total. The number of aromatic amines is 1. The van der Waals surface area contributed by atoms with Gasteiger partial charge >= 0.3 is 0 Å². The SMILES string of the molecule is CN=S(C)C(C)(C)C(C)=NC(C)(C)c1cc(-c2cc(-c3c[nH]c(=O)cn3)no2)ccc1F. The number of hydrogen-bond donors (Lipinski definition) is 1. The van der Waals surface area contributed by atoms with Crippen molar-refractivity contribution in [2.24, 2.45) is 9.36 Å². The Bertz CT molecular complexity index is 1240. The molecule has 0 bridgehead atoms. The van der Waals surface area contributed by atoms with Gasteiger partial charge in [-0.3, -0.25) is 14.1 Å². The van der Waals surface area contributed by atoms with E-state index in [-0.39, 0.29) is 26.8 Å². The molecule has 3 rings (SSSR count). The van der Waals surface area contributed by atoms with Crippen LogP contribution in [0.15, 0.2) is 55.3 Å². The van der Waals surface area contributed by atoms with Gasteiger partial charge in [0.15, 0.2) is 5.76 Å². The minimum atomic E-state index is -0.803. The van der Waals surface area contributed by atoms with Crippen LogP contribution >= 0.6 is 0 Å². The second-order valence-corrected chi connectivity index (χ2v) is 10.8. The molecule has 2 heterocycles. The van der Waals surface area contributed by atoms with E-state index in [1.54, 1.807) is 25.2 Å². The molecule has 0 spiro atoms. The fourth-order valence-electron chi connectivity index (χ4n) is 3.22. The van der Waals surface area contributed by atoms with Crippen LogP contribution in [0.1, 0.15) is 40.2 Å². The van der Waals surface area contributed by atoms with Gasteiger partial charge in [0, 0.05) is 36.1 Å². The molecule has 1 unspecified atom stereocenters. The summed E-state index contributed by atoms with van der Waals surface area (Å²) in [5.74, 6) is 0.122. The van der Waals surface area contributed by atoms with Crippen LogP contribution in [0.25, 0.3) is 22.7 Å². The maximum Gasteiger partial charge on any atom is 0.266 e. The molecule has 1 N–H and O–H groups in total. The Balaban J connectivity index is 1.99. The summed E-state index contributed by atoms with van der Waals surface area (Å²) < 4.78 is 24.5. The standard InChI is InChI=1S/C23H28FN5O2S/c1-14(23(4,5)32(7)25-6)28-22(2,3)16-10-15(8-9-17(16)24)20-11-18(29-31-20)19-12-27-21(30)13-26-19/h8-13H,1-7H3,(H,27,30). The van der Waals surface area contributed by atoms with Crippen LogP contribution in [0.4, 0.5) is 4.39 Å². The molecule has 0 radical (unpaired) electrons. The third-order valence-corrected chi connectivity index (χ3v) is 8.01. The zero-order valence-electron chi connectivity index (χ0n) is 19.4. The van der Waals surface area contributed by atoms with Gasteiger partial charge in [-0.05, 0) is 59.1 Å². The molecule has 0 amide bonds. The van der Waals surface area contributed by atoms with Crippen molar-refractivity contribution in [2.45, 2.75) is 44.9 Å². The highest BCUT2D eigenvalue weighted by Gasteiger charge is 2.30. The fraction of sp³-hybridized carbons (Fsp3) is 0.391. The van der Waals surface area contributed by atoms with Crippen LogP contribution in [-0.2, 0) is 16.2 Å². The number of aromatic nitrogens is 3. The van der Waals surface area contributed by atoms with E-state index in [0.717, 1.165) is 5.71 Å². The summed E-state index contributed by atoms with van der Waals surface area (Å²) in [7, 11) is 1.59. The maximum absolute atomic E-state index is 14.9. The van der Waals surface area contributed by atoms with Gasteiger partial charge in [0.1, 0.15) is 17.2 Å². The number of H-pyrrole nitrogens is 1. The zero-order chi connectivity index (χ0) is 23.7. The summed E-state index contributed by atoms with van der Waals surface area (Å²) in [6, 6.07) is 6.49. The fourth-order valence-corrected chi connectivity index (χ4v) is 4.15. The van der Waals surface area contributed by atoms with E-state index in [9.17, 15) is 9.18 Å². The van der Waals surface area contributed by atoms with Crippen molar-refractivity contribution >= 4 is 16.4 Å². The van der Waals surface area contributed by atoms with E-state index in [2.05, 4.69) is 39.6 Å². The molecular weight excluding hydrogens is 429 g/mol. The molecule has 9 heteroatoms. The first-order chi connectivity index (χ1) is 15.0. The van der Waals surface area contributed by atoms with Gasteiger partial charge in [-0.2, -0.15) is 0 Å². The summed E-state index contributed by atoms with van der Waals surface area (Å²) in [4.78, 5) is 22.7. The second-order valence-electron chi connectivity index (χ2n) is 8.49. The molecule has 0 aliphatic heterocycles. The molecule has 1 atom stereocenters. The second kappa shape index (κ2) is 8.90. The lowest BCUT2D eigenvalue weighted by atomic mass is 9.91. The summed E-state index contributed by atoms with van der Waals surface area (Å²) >= 11 is 0. The third kappa shape index (κ3) is 4.77. The Morgan fingerprint density at radius 2 is 1.91 bits per heavy atom. The molecule has 2 aromatic heterocycles. The van der Waals surface area contributed by atoms with Gasteiger partial charge in [-0.25, -0.2) is 9.37 Å². The summed E-state index contributed by atoms with van der Waals surface area (Å²) in [6.45, 7) is 9.96. The van der Waals surface area contributed by atoms with Crippen molar-refractivity contribution in [1.82, 2.24) is 15.1 Å². The summed E-state index contributed by atoms with van der Waals surface area (Å²) in [5.41, 5.74) is 1.87. The van der Waals surface area contributed by atoms with Crippen LogP contribution in [0, 0.1) is 5.82 Å². The Morgan fingerprint density at radius 3 is 2.53 bits per heavy atom. The van der Waals surface area contributed by atoms with Crippen LogP contribution in [0.3, 0.4) is 0 Å². The van der Waals surface area contributed by atoms with Gasteiger partial charge < -0.3 is 9.51 Å². The maximum atomic E-state index is 14.9. The van der Waals surface area contributed by atoms with Gasteiger partial charge in [0.05, 0.1) is 16.5 Å². The normalized spacial score (nSPS) is 14.1. The molecular formula is C23H28FN5O2S. The number of nitrogens with zero attached hydrogens (tertiary/aromatic N) is 4. The van der Waals surface area contributed by atoms with E-state index in [0.29, 0.717) is 28.3 Å². The summed E-state index contributed by atoms with van der Waals surface area (Å²) in [5, 5.41) is 4.03. The molecule has 0 aliphatic rings. The average Bonchev–Trinajstić information content (AvgIpc) is 3.23. The van der Waals surface area contributed by atoms with E-state index in [4.69, 9.17) is 9.52 Å². The molecule has 0 saturated carbocycles. The first-order valence-corrected chi connectivity index (χ1v) is 11.7. The lowest BCUT2D eigenvalue weighted by molar-refractivity contribution is 0.434. The molecule has 32 heavy (non-hydrogen) atoms. The predicted octanol–water partition coefficient (Wildman–Crippen LogP) is 4.77. The Kier molecular flexibility index (Phi) is 6.59. The molecule has 1 aromatic carbocycles. The van der Waals surface area contributed by atoms with E-state index in [1.807, 2.05) is 20.8 Å². The highest BCUT2D eigenvalue weighted by Crippen LogP contribution is 2.34. The van der Waals surface area contributed by atoms with Crippen LogP contribution < -0.4 is 5.56 Å². The van der Waals surface area contributed by atoms with E-state index < -0.39 is 5.54 Å². The largest absolute Gasteiger partial charge is 0.356 e. The van der Waals surface area contributed by atoms with E-state index >= 15 is 0 Å². The number of nitrogens with one attached hydrogen (secondary N) is 1. The first-order valence-electron chi connectivity index (χ1n) is 10.1. The van der Waals surface area contributed by atoms with Crippen molar-refractivity contribution in [3.8, 4) is 22.7 Å². The van der Waals surface area contributed by atoms with Crippen LogP contribution in [-0.4, -0.2) is 38.9 Å². The zero-order valence-corrected chi connectivity index (χ0v) is 20.2. The topological polar surface area (TPSA) is 96.5 Å². The van der Waals surface area contributed by atoms with Gasteiger partial charge in [-0.15, -0.1) is 0 Å². The monoisotopic (exact) mass is 457 g/mol. The Morgan fingerprint density at radius 1 is 1.19 bits per heavy atom. The van der Waals surface area contributed by atoms with Crippen LogP contribution in [0.5, 0.6) is 0 Å². The number of rotatable bonds is 6. The molecule has 3 aromatic rings. The Labute approximate surface area is 189 Å². The minimum Gasteiger partial charge on any atom is -0.356 e. The van der Waals surface area contributed by atoms with Crippen LogP contribution in [0.2, 0.25) is 0 Å². The van der Waals surface area contributed by atoms with Crippen molar-refractivity contribution in [1.29, 1.82) is 0 Å².